The molecule has 0 bridgehead atoms. The van der Waals surface area contributed by atoms with Gasteiger partial charge in [-0.1, -0.05) is 32.1 Å². The van der Waals surface area contributed by atoms with E-state index in [1.165, 1.54) is 149 Å². The minimum absolute atomic E-state index is 1.02. The van der Waals surface area contributed by atoms with E-state index in [1.54, 1.807) is 0 Å². The van der Waals surface area contributed by atoms with Gasteiger partial charge in [-0.2, -0.15) is 0 Å². The van der Waals surface area contributed by atoms with Gasteiger partial charge in [0.05, 0.1) is 0 Å². The van der Waals surface area contributed by atoms with Crippen molar-refractivity contribution in [2.24, 2.45) is 11.8 Å². The Kier molecular flexibility index (Phi) is 16.1. The van der Waals surface area contributed by atoms with E-state index in [9.17, 15) is 0 Å². The Morgan fingerprint density at radius 1 is 0.345 bits per heavy atom. The first-order valence-corrected chi connectivity index (χ1v) is 13.3. The van der Waals surface area contributed by atoms with Crippen molar-refractivity contribution in [2.45, 2.75) is 96.3 Å². The fourth-order valence-electron chi connectivity index (χ4n) is 3.89. The lowest BCUT2D eigenvalue weighted by Crippen LogP contribution is -2.21. The molecule has 4 N–H and O–H groups in total. The highest BCUT2D eigenvalue weighted by molar-refractivity contribution is 4.75. The molecule has 0 atom stereocenters. The number of unbranched alkanes of at least 4 members (excludes halogenated alkanes) is 8. The molecule has 2 fully saturated rings. The van der Waals surface area contributed by atoms with Crippen molar-refractivity contribution in [1.29, 1.82) is 0 Å². The summed E-state index contributed by atoms with van der Waals surface area (Å²) in [6.45, 7) is 9.80. The Morgan fingerprint density at radius 3 is 0.966 bits per heavy atom. The van der Waals surface area contributed by atoms with Gasteiger partial charge in [-0.3, -0.25) is 0 Å². The molecule has 0 aromatic carbocycles. The molecular formula is C25H52N4. The first-order chi connectivity index (χ1) is 14.4. The SMILES string of the molecule is C(CCCCNCCCCNCC1CC1)CCCCNCCCCNCC1CC1. The van der Waals surface area contributed by atoms with Gasteiger partial charge in [-0.25, -0.2) is 0 Å². The van der Waals surface area contributed by atoms with Crippen LogP contribution in [0.1, 0.15) is 96.3 Å². The Labute approximate surface area is 182 Å². The van der Waals surface area contributed by atoms with E-state index >= 15 is 0 Å². The lowest BCUT2D eigenvalue weighted by atomic mass is 10.1. The van der Waals surface area contributed by atoms with Crippen molar-refractivity contribution in [1.82, 2.24) is 21.3 Å². The summed E-state index contributed by atoms with van der Waals surface area (Å²) in [7, 11) is 0. The molecular weight excluding hydrogens is 356 g/mol. The molecule has 0 amide bonds. The molecule has 0 saturated heterocycles. The van der Waals surface area contributed by atoms with Crippen LogP contribution in [-0.2, 0) is 0 Å². The maximum atomic E-state index is 3.61. The van der Waals surface area contributed by atoms with Crippen LogP contribution >= 0.6 is 0 Å². The fourth-order valence-corrected chi connectivity index (χ4v) is 3.89. The Balaban J connectivity index is 1.12. The van der Waals surface area contributed by atoms with Gasteiger partial charge in [0, 0.05) is 0 Å². The second-order valence-electron chi connectivity index (χ2n) is 9.68. The van der Waals surface area contributed by atoms with Crippen LogP contribution in [0.3, 0.4) is 0 Å². The average molecular weight is 409 g/mol. The molecule has 2 aliphatic carbocycles. The summed E-state index contributed by atoms with van der Waals surface area (Å²) >= 11 is 0. The van der Waals surface area contributed by atoms with Gasteiger partial charge in [0.1, 0.15) is 0 Å². The third kappa shape index (κ3) is 18.3. The van der Waals surface area contributed by atoms with Gasteiger partial charge < -0.3 is 21.3 Å². The molecule has 2 rings (SSSR count). The largest absolute Gasteiger partial charge is 0.317 e. The number of hydrogen-bond donors (Lipinski definition) is 4. The van der Waals surface area contributed by atoms with Crippen molar-refractivity contribution in [3.8, 4) is 0 Å². The van der Waals surface area contributed by atoms with E-state index in [0.29, 0.717) is 0 Å². The summed E-state index contributed by atoms with van der Waals surface area (Å²) in [5, 5.41) is 14.4. The lowest BCUT2D eigenvalue weighted by molar-refractivity contribution is 0.527. The van der Waals surface area contributed by atoms with E-state index in [2.05, 4.69) is 21.3 Å². The van der Waals surface area contributed by atoms with E-state index < -0.39 is 0 Å². The van der Waals surface area contributed by atoms with Crippen LogP contribution in [0.2, 0.25) is 0 Å². The van der Waals surface area contributed by atoms with Crippen LogP contribution in [0.25, 0.3) is 0 Å². The summed E-state index contributed by atoms with van der Waals surface area (Å²) in [6.07, 6.45) is 21.0. The average Bonchev–Trinajstić information content (AvgIpc) is 3.64. The summed E-state index contributed by atoms with van der Waals surface area (Å²) in [5.41, 5.74) is 0. The Bertz CT molecular complexity index is 310. The molecule has 0 heterocycles. The zero-order valence-corrected chi connectivity index (χ0v) is 19.4. The lowest BCUT2D eigenvalue weighted by Gasteiger charge is -2.07. The second-order valence-corrected chi connectivity index (χ2v) is 9.68. The van der Waals surface area contributed by atoms with Gasteiger partial charge in [0.25, 0.3) is 0 Å². The minimum atomic E-state index is 1.02. The fraction of sp³-hybridized carbons (Fsp3) is 1.00. The number of hydrogen-bond acceptors (Lipinski definition) is 4. The molecule has 2 aliphatic rings. The molecule has 0 aliphatic heterocycles. The molecule has 2 saturated carbocycles. The first-order valence-electron chi connectivity index (χ1n) is 13.3. The zero-order valence-electron chi connectivity index (χ0n) is 19.4. The quantitative estimate of drug-likeness (QED) is 0.178. The molecule has 0 radical (unpaired) electrons. The molecule has 29 heavy (non-hydrogen) atoms. The monoisotopic (exact) mass is 408 g/mol. The summed E-state index contributed by atoms with van der Waals surface area (Å²) in [6, 6.07) is 0. The molecule has 4 nitrogen and oxygen atoms in total. The first kappa shape index (κ1) is 25.1. The third-order valence-electron chi connectivity index (χ3n) is 6.38. The van der Waals surface area contributed by atoms with E-state index in [0.717, 1.165) is 11.8 Å². The van der Waals surface area contributed by atoms with Crippen molar-refractivity contribution in [3.05, 3.63) is 0 Å². The number of rotatable bonds is 24. The van der Waals surface area contributed by atoms with Crippen LogP contribution < -0.4 is 21.3 Å². The van der Waals surface area contributed by atoms with Crippen LogP contribution in [-0.4, -0.2) is 52.4 Å². The van der Waals surface area contributed by atoms with E-state index in [1.807, 2.05) is 0 Å². The van der Waals surface area contributed by atoms with Crippen LogP contribution in [0.15, 0.2) is 0 Å². The second kappa shape index (κ2) is 18.6. The minimum Gasteiger partial charge on any atom is -0.317 e. The highest BCUT2D eigenvalue weighted by Crippen LogP contribution is 2.27. The summed E-state index contributed by atoms with van der Waals surface area (Å²) in [5.74, 6) is 2.03. The van der Waals surface area contributed by atoms with E-state index in [4.69, 9.17) is 0 Å². The summed E-state index contributed by atoms with van der Waals surface area (Å²) < 4.78 is 0. The smallest absolute Gasteiger partial charge is 0.00205 e. The van der Waals surface area contributed by atoms with Gasteiger partial charge >= 0.3 is 0 Å². The van der Waals surface area contributed by atoms with Gasteiger partial charge in [-0.15, -0.1) is 0 Å². The van der Waals surface area contributed by atoms with Crippen LogP contribution in [0.4, 0.5) is 0 Å². The normalized spacial score (nSPS) is 16.6. The zero-order chi connectivity index (χ0) is 20.2. The van der Waals surface area contributed by atoms with Crippen LogP contribution in [0.5, 0.6) is 0 Å². The van der Waals surface area contributed by atoms with E-state index in [-0.39, 0.29) is 0 Å². The van der Waals surface area contributed by atoms with Crippen molar-refractivity contribution < 1.29 is 0 Å². The molecule has 0 aromatic heterocycles. The number of nitrogens with one attached hydrogen (secondary N) is 4. The summed E-state index contributed by atoms with van der Waals surface area (Å²) in [4.78, 5) is 0. The van der Waals surface area contributed by atoms with Gasteiger partial charge in [0.2, 0.25) is 0 Å². The Morgan fingerprint density at radius 2 is 0.621 bits per heavy atom. The maximum Gasteiger partial charge on any atom is -0.00205 e. The molecule has 172 valence electrons. The molecule has 0 unspecified atom stereocenters. The topological polar surface area (TPSA) is 48.1 Å². The molecule has 0 aromatic rings. The van der Waals surface area contributed by atoms with Crippen molar-refractivity contribution in [3.63, 3.8) is 0 Å². The predicted octanol–water partition coefficient (Wildman–Crippen LogP) is 4.46. The van der Waals surface area contributed by atoms with Crippen molar-refractivity contribution >= 4 is 0 Å². The van der Waals surface area contributed by atoms with Crippen molar-refractivity contribution in [2.75, 3.05) is 52.4 Å². The maximum absolute atomic E-state index is 3.61. The Hall–Kier alpha value is -0.160. The molecule has 4 heteroatoms. The third-order valence-corrected chi connectivity index (χ3v) is 6.38. The highest BCUT2D eigenvalue weighted by atomic mass is 14.9. The standard InChI is InChI=1S/C25H52N4/c1(2-4-6-16-26-18-8-10-20-28-22-24-12-13-24)3-5-7-17-27-19-9-11-21-29-23-25-14-15-25/h24-29H,1-23H2. The molecule has 0 spiro atoms. The van der Waals surface area contributed by atoms with Gasteiger partial charge in [0.15, 0.2) is 0 Å². The predicted molar refractivity (Wildman–Crippen MR) is 128 cm³/mol. The highest BCUT2D eigenvalue weighted by Gasteiger charge is 2.20. The van der Waals surface area contributed by atoms with Crippen LogP contribution in [0, 0.1) is 11.8 Å². The van der Waals surface area contributed by atoms with Gasteiger partial charge in [-0.05, 0) is 128 Å².